The number of aliphatic hydroxyl groups is 2. The second-order valence-corrected chi connectivity index (χ2v) is 7.62. The Morgan fingerprint density at radius 3 is 2.43 bits per heavy atom. The second-order valence-electron chi connectivity index (χ2n) is 5.95. The van der Waals surface area contributed by atoms with Crippen molar-refractivity contribution in [3.05, 3.63) is 53.5 Å². The Morgan fingerprint density at radius 2 is 1.90 bits per heavy atom. The van der Waals surface area contributed by atoms with Gasteiger partial charge in [-0.2, -0.15) is 4.39 Å². The lowest BCUT2D eigenvalue weighted by molar-refractivity contribution is -0.0558. The third-order valence-electron chi connectivity index (χ3n) is 3.84. The summed E-state index contributed by atoms with van der Waals surface area (Å²) in [5.74, 6) is -2.53. The first-order valence-corrected chi connectivity index (χ1v) is 9.95. The van der Waals surface area contributed by atoms with E-state index in [1.165, 1.54) is 12.2 Å². The van der Waals surface area contributed by atoms with Gasteiger partial charge in [0.2, 0.25) is 5.95 Å². The Balaban J connectivity index is 2.20. The molecule has 0 bridgehead atoms. The Hall–Kier alpha value is -2.25. The molecule has 0 unspecified atom stereocenters. The number of carbonyl (C=O) groups excluding carboxylic acids is 1. The van der Waals surface area contributed by atoms with E-state index in [0.717, 1.165) is 0 Å². The van der Waals surface area contributed by atoms with Crippen LogP contribution in [0, 0.1) is 5.95 Å². The van der Waals surface area contributed by atoms with Gasteiger partial charge in [0.25, 0.3) is 11.5 Å². The van der Waals surface area contributed by atoms with E-state index in [9.17, 15) is 28.8 Å². The van der Waals surface area contributed by atoms with E-state index in [4.69, 9.17) is 24.0 Å². The molecule has 4 N–H and O–H groups in total. The number of primary amides is 1. The maximum atomic E-state index is 13.7. The zero-order chi connectivity index (χ0) is 22.5. The molecule has 2 rings (SSSR count). The molecule has 12 nitrogen and oxygen atoms in total. The smallest absolute Gasteiger partial charge is 0.387 e. The first-order valence-electron chi connectivity index (χ1n) is 8.49. The van der Waals surface area contributed by atoms with Crippen LogP contribution in [0.25, 0.3) is 0 Å². The highest BCUT2D eigenvalue weighted by Gasteiger charge is 2.45. The number of hydrogen-bond donors (Lipinski definition) is 3. The lowest BCUT2D eigenvalue weighted by atomic mass is 10.1. The Kier molecular flexibility index (Phi) is 8.15. The highest BCUT2D eigenvalue weighted by molar-refractivity contribution is 7.48. The minimum Gasteiger partial charge on any atom is -0.387 e. The maximum absolute atomic E-state index is 13.7. The summed E-state index contributed by atoms with van der Waals surface area (Å²) in [5, 5.41) is 20.4. The molecule has 14 heteroatoms. The van der Waals surface area contributed by atoms with Gasteiger partial charge in [-0.05, 0) is 0 Å². The molecule has 4 atom stereocenters. The molecule has 1 saturated heterocycles. The van der Waals surface area contributed by atoms with Gasteiger partial charge in [0.15, 0.2) is 11.9 Å². The molecule has 0 spiro atoms. The number of hydrogen-bond acceptors (Lipinski definition) is 10. The van der Waals surface area contributed by atoms with Crippen LogP contribution in [0.3, 0.4) is 0 Å². The van der Waals surface area contributed by atoms with Crippen LogP contribution in [0.15, 0.2) is 36.3 Å². The number of halogens is 1. The zero-order valence-electron chi connectivity index (χ0n) is 15.6. The van der Waals surface area contributed by atoms with E-state index >= 15 is 0 Å². The van der Waals surface area contributed by atoms with Crippen LogP contribution in [-0.2, 0) is 22.9 Å². The van der Waals surface area contributed by atoms with E-state index in [2.05, 4.69) is 18.1 Å². The molecular weight excluding hydrogens is 428 g/mol. The van der Waals surface area contributed by atoms with Crippen molar-refractivity contribution < 1.29 is 42.3 Å². The summed E-state index contributed by atoms with van der Waals surface area (Å²) in [6, 6.07) is 0. The van der Waals surface area contributed by atoms with Crippen LogP contribution in [0.1, 0.15) is 16.7 Å². The van der Waals surface area contributed by atoms with Crippen LogP contribution in [0.4, 0.5) is 4.39 Å². The number of aliphatic hydroxyl groups excluding tert-OH is 2. The van der Waals surface area contributed by atoms with Crippen LogP contribution in [-0.4, -0.2) is 63.8 Å². The highest BCUT2D eigenvalue weighted by Crippen LogP contribution is 2.50. The number of nitrogens with zero attached hydrogens (tertiary/aromatic N) is 2. The molecule has 1 amide bonds. The lowest BCUT2D eigenvalue weighted by Gasteiger charge is -2.20. The van der Waals surface area contributed by atoms with Crippen molar-refractivity contribution in [1.29, 1.82) is 0 Å². The molecule has 0 aromatic carbocycles. The van der Waals surface area contributed by atoms with Crippen LogP contribution in [0.5, 0.6) is 0 Å². The fraction of sp³-hybridized carbons (Fsp3) is 0.438. The van der Waals surface area contributed by atoms with Crippen molar-refractivity contribution in [2.45, 2.75) is 24.5 Å². The van der Waals surface area contributed by atoms with Gasteiger partial charge in [0.1, 0.15) is 18.3 Å². The third-order valence-corrected chi connectivity index (χ3v) is 5.24. The molecule has 1 fully saturated rings. The number of phosphoric ester groups is 1. The monoisotopic (exact) mass is 449 g/mol. The molecule has 2 heterocycles. The van der Waals surface area contributed by atoms with E-state index in [1.54, 1.807) is 0 Å². The predicted molar refractivity (Wildman–Crippen MR) is 98.8 cm³/mol. The maximum Gasteiger partial charge on any atom is 0.475 e. The van der Waals surface area contributed by atoms with E-state index < -0.39 is 62.1 Å². The number of amides is 1. The summed E-state index contributed by atoms with van der Waals surface area (Å²) in [4.78, 5) is 26.7. The first kappa shape index (κ1) is 24.0. The molecule has 1 aliphatic rings. The quantitative estimate of drug-likeness (QED) is 0.299. The Morgan fingerprint density at radius 1 is 1.30 bits per heavy atom. The van der Waals surface area contributed by atoms with Crippen molar-refractivity contribution in [1.82, 2.24) is 9.55 Å². The number of phosphoric acid groups is 1. The normalized spacial score (nSPS) is 24.0. The Bertz CT molecular complexity index is 892. The van der Waals surface area contributed by atoms with Crippen molar-refractivity contribution in [3.8, 4) is 0 Å². The average Bonchev–Trinajstić information content (AvgIpc) is 2.99. The van der Waals surface area contributed by atoms with Gasteiger partial charge < -0.3 is 20.7 Å². The highest BCUT2D eigenvalue weighted by atomic mass is 31.2. The van der Waals surface area contributed by atoms with E-state index in [0.29, 0.717) is 10.8 Å². The van der Waals surface area contributed by atoms with Crippen molar-refractivity contribution in [2.24, 2.45) is 5.73 Å². The predicted octanol–water partition coefficient (Wildman–Crippen LogP) is -0.370. The molecule has 1 aromatic rings. The standard InChI is InChI=1S/C16H21FN3O9P/c1-3-5-26-30(25,27-6-4-2)28-8-9-12(21)13(22)16(29-9)20-7-10(17)19-11(14(18)23)15(20)24/h3-4,7,9,12-13,16,21-22H,1-2,5-6,8H2,(H2,18,23)/t9-,12-,13-,16-/m1/s1. The van der Waals surface area contributed by atoms with Gasteiger partial charge >= 0.3 is 7.82 Å². The summed E-state index contributed by atoms with van der Waals surface area (Å²) in [6.07, 6.45) is -3.13. The molecule has 1 aromatic heterocycles. The largest absolute Gasteiger partial charge is 0.475 e. The van der Waals surface area contributed by atoms with Gasteiger partial charge in [-0.3, -0.25) is 27.7 Å². The lowest BCUT2D eigenvalue weighted by Crippen LogP contribution is -2.38. The summed E-state index contributed by atoms with van der Waals surface area (Å²) in [6.45, 7) is 5.88. The first-order chi connectivity index (χ1) is 14.1. The zero-order valence-corrected chi connectivity index (χ0v) is 16.5. The van der Waals surface area contributed by atoms with Crippen LogP contribution in [0.2, 0.25) is 0 Å². The van der Waals surface area contributed by atoms with Gasteiger partial charge in [-0.25, -0.2) is 9.55 Å². The molecule has 0 radical (unpaired) electrons. The molecule has 1 aliphatic heterocycles. The van der Waals surface area contributed by atoms with E-state index in [1.807, 2.05) is 0 Å². The fourth-order valence-corrected chi connectivity index (χ4v) is 3.62. The topological polar surface area (TPSA) is 172 Å². The van der Waals surface area contributed by atoms with Gasteiger partial charge in [-0.15, -0.1) is 13.2 Å². The summed E-state index contributed by atoms with van der Waals surface area (Å²) in [7, 11) is -4.10. The van der Waals surface area contributed by atoms with Crippen LogP contribution >= 0.6 is 7.82 Å². The molecular formula is C16H21FN3O9P. The second kappa shape index (κ2) is 10.2. The van der Waals surface area contributed by atoms with Gasteiger partial charge in [0, 0.05) is 0 Å². The Labute approximate surface area is 169 Å². The molecule has 0 aliphatic carbocycles. The van der Waals surface area contributed by atoms with Crippen LogP contribution < -0.4 is 11.3 Å². The van der Waals surface area contributed by atoms with Crippen molar-refractivity contribution in [2.75, 3.05) is 19.8 Å². The summed E-state index contributed by atoms with van der Waals surface area (Å²) >= 11 is 0. The number of aromatic nitrogens is 2. The van der Waals surface area contributed by atoms with Crippen molar-refractivity contribution >= 4 is 13.7 Å². The van der Waals surface area contributed by atoms with E-state index in [-0.39, 0.29) is 13.2 Å². The average molecular weight is 449 g/mol. The fourth-order valence-electron chi connectivity index (χ4n) is 2.49. The van der Waals surface area contributed by atoms with Gasteiger partial charge in [0.05, 0.1) is 26.0 Å². The summed E-state index contributed by atoms with van der Waals surface area (Å²) < 4.78 is 47.2. The molecule has 166 valence electrons. The SMILES string of the molecule is C=CCOP(=O)(OCC=C)OC[C@H]1O[C@@H](n2cc(F)nc(C(N)=O)c2=O)[C@H](O)[C@@H]1O. The number of rotatable bonds is 11. The number of ether oxygens (including phenoxy) is 1. The minimum atomic E-state index is -4.10. The van der Waals surface area contributed by atoms with Gasteiger partial charge in [-0.1, -0.05) is 12.2 Å². The number of carbonyl (C=O) groups is 1. The summed E-state index contributed by atoms with van der Waals surface area (Å²) in [5.41, 5.74) is 2.93. The molecule has 0 saturated carbocycles. The molecule has 30 heavy (non-hydrogen) atoms. The minimum absolute atomic E-state index is 0.171. The third kappa shape index (κ3) is 5.46. The van der Waals surface area contributed by atoms with Crippen molar-refractivity contribution in [3.63, 3.8) is 0 Å². The number of nitrogens with two attached hydrogens (primary N) is 1.